The van der Waals surface area contributed by atoms with Gasteiger partial charge in [-0.2, -0.15) is 5.26 Å². The zero-order valence-corrected chi connectivity index (χ0v) is 16.6. The molecule has 1 aliphatic rings. The van der Waals surface area contributed by atoms with Gasteiger partial charge in [0.15, 0.2) is 5.65 Å². The third kappa shape index (κ3) is 3.88. The number of hydrogen-bond acceptors (Lipinski definition) is 7. The molecule has 0 saturated carbocycles. The Morgan fingerprint density at radius 2 is 2.20 bits per heavy atom. The fraction of sp³-hybridized carbons (Fsp3) is 0.273. The van der Waals surface area contributed by atoms with Gasteiger partial charge < -0.3 is 25.2 Å². The third-order valence-corrected chi connectivity index (χ3v) is 4.99. The van der Waals surface area contributed by atoms with Gasteiger partial charge >= 0.3 is 0 Å². The Hall–Kier alpha value is -3.70. The molecule has 1 aliphatic heterocycles. The first-order chi connectivity index (χ1) is 14.7. The Morgan fingerprint density at radius 3 is 2.93 bits per heavy atom. The minimum Gasteiger partial charge on any atom is -0.489 e. The predicted molar refractivity (Wildman–Crippen MR) is 114 cm³/mol. The quantitative estimate of drug-likeness (QED) is 0.545. The molecule has 8 nitrogen and oxygen atoms in total. The SMILES string of the molecule is CN/C=C(\C=N)c1nc2c(-c3ccc(OC4CCOCC4)c(C#N)c3)ccnc2[nH]1. The molecule has 4 rings (SSSR count). The van der Waals surface area contributed by atoms with E-state index in [0.717, 1.165) is 24.0 Å². The van der Waals surface area contributed by atoms with E-state index in [1.165, 1.54) is 6.21 Å². The zero-order chi connectivity index (χ0) is 20.9. The van der Waals surface area contributed by atoms with E-state index in [1.54, 1.807) is 19.4 Å². The molecule has 0 bridgehead atoms. The highest BCUT2D eigenvalue weighted by atomic mass is 16.5. The molecule has 3 N–H and O–H groups in total. The summed E-state index contributed by atoms with van der Waals surface area (Å²) in [6.07, 6.45) is 6.33. The van der Waals surface area contributed by atoms with Crippen molar-refractivity contribution in [2.75, 3.05) is 20.3 Å². The van der Waals surface area contributed by atoms with Gasteiger partial charge in [0.1, 0.15) is 29.3 Å². The summed E-state index contributed by atoms with van der Waals surface area (Å²) in [5, 5.41) is 20.2. The molecule has 0 unspecified atom stereocenters. The zero-order valence-electron chi connectivity index (χ0n) is 16.6. The molecule has 0 spiro atoms. The second-order valence-corrected chi connectivity index (χ2v) is 6.93. The molecule has 3 aromatic rings. The molecule has 8 heteroatoms. The summed E-state index contributed by atoms with van der Waals surface area (Å²) < 4.78 is 11.4. The highest BCUT2D eigenvalue weighted by Gasteiger charge is 2.18. The lowest BCUT2D eigenvalue weighted by atomic mass is 10.0. The van der Waals surface area contributed by atoms with Crippen LogP contribution in [0.1, 0.15) is 24.2 Å². The number of imidazole rings is 1. The molecular formula is C22H22N6O2. The van der Waals surface area contributed by atoms with E-state index in [0.29, 0.717) is 47.1 Å². The molecule has 0 amide bonds. The summed E-state index contributed by atoms with van der Waals surface area (Å²) in [5.41, 5.74) is 4.09. The van der Waals surface area contributed by atoms with Crippen molar-refractivity contribution in [3.8, 4) is 22.9 Å². The molecule has 0 radical (unpaired) electrons. The van der Waals surface area contributed by atoms with Crippen molar-refractivity contribution in [3.63, 3.8) is 0 Å². The number of nitriles is 1. The molecule has 1 fully saturated rings. The second kappa shape index (κ2) is 8.76. The van der Waals surface area contributed by atoms with Crippen LogP contribution in [0.5, 0.6) is 5.75 Å². The first kappa shape index (κ1) is 19.6. The molecular weight excluding hydrogens is 380 g/mol. The highest BCUT2D eigenvalue weighted by Crippen LogP contribution is 2.31. The lowest BCUT2D eigenvalue weighted by molar-refractivity contribution is 0.0254. The van der Waals surface area contributed by atoms with Gasteiger partial charge in [-0.25, -0.2) is 9.97 Å². The third-order valence-electron chi connectivity index (χ3n) is 4.99. The van der Waals surface area contributed by atoms with Crippen molar-refractivity contribution in [1.82, 2.24) is 20.3 Å². The minimum absolute atomic E-state index is 0.0664. The summed E-state index contributed by atoms with van der Waals surface area (Å²) >= 11 is 0. The first-order valence-electron chi connectivity index (χ1n) is 9.75. The van der Waals surface area contributed by atoms with Crippen molar-refractivity contribution in [2.45, 2.75) is 18.9 Å². The summed E-state index contributed by atoms with van der Waals surface area (Å²) in [7, 11) is 1.77. The maximum atomic E-state index is 9.67. The standard InChI is InChI=1S/C22H22N6O2/c1-25-13-16(12-24)21-27-20-18(4-7-26-22(20)28-21)14-2-3-19(15(10-14)11-23)30-17-5-8-29-9-6-17/h2-4,7,10,12-13,17,24-25H,5-6,8-9H2,1H3,(H,26,27,28)/b16-13+,24-12?. The van der Waals surface area contributed by atoms with Gasteiger partial charge in [-0.15, -0.1) is 0 Å². The van der Waals surface area contributed by atoms with Gasteiger partial charge in [-0.1, -0.05) is 6.07 Å². The number of nitrogens with one attached hydrogen (secondary N) is 3. The number of allylic oxidation sites excluding steroid dienone is 1. The lowest BCUT2D eigenvalue weighted by Crippen LogP contribution is -2.26. The topological polar surface area (TPSA) is 120 Å². The van der Waals surface area contributed by atoms with Gasteiger partial charge in [0.25, 0.3) is 0 Å². The second-order valence-electron chi connectivity index (χ2n) is 6.93. The first-order valence-corrected chi connectivity index (χ1v) is 9.75. The van der Waals surface area contributed by atoms with Crippen LogP contribution in [0.15, 0.2) is 36.7 Å². The molecule has 0 atom stereocenters. The van der Waals surface area contributed by atoms with Crippen LogP contribution < -0.4 is 10.1 Å². The van der Waals surface area contributed by atoms with Gasteiger partial charge in [0.05, 0.1) is 24.4 Å². The lowest BCUT2D eigenvalue weighted by Gasteiger charge is -2.23. The van der Waals surface area contributed by atoms with Gasteiger partial charge in [-0.05, 0) is 23.8 Å². The van der Waals surface area contributed by atoms with E-state index in [4.69, 9.17) is 14.9 Å². The summed E-state index contributed by atoms with van der Waals surface area (Å²) in [4.78, 5) is 12.2. The Bertz CT molecular complexity index is 1140. The number of fused-ring (bicyclic) bond motifs is 1. The Morgan fingerprint density at radius 1 is 1.37 bits per heavy atom. The summed E-state index contributed by atoms with van der Waals surface area (Å²) in [6.45, 7) is 1.36. The Labute approximate surface area is 174 Å². The summed E-state index contributed by atoms with van der Waals surface area (Å²) in [5.74, 6) is 1.14. The van der Waals surface area contributed by atoms with Crippen LogP contribution in [0.4, 0.5) is 0 Å². The normalized spacial score (nSPS) is 15.0. The number of H-pyrrole nitrogens is 1. The van der Waals surface area contributed by atoms with Crippen LogP contribution in [0.3, 0.4) is 0 Å². The van der Waals surface area contributed by atoms with Crippen LogP contribution in [0.2, 0.25) is 0 Å². The van der Waals surface area contributed by atoms with E-state index >= 15 is 0 Å². The van der Waals surface area contributed by atoms with Crippen molar-refractivity contribution in [1.29, 1.82) is 10.7 Å². The minimum atomic E-state index is 0.0664. The number of benzene rings is 1. The van der Waals surface area contributed by atoms with Crippen molar-refractivity contribution >= 4 is 23.0 Å². The Kier molecular flexibility index (Phi) is 5.72. The number of nitrogens with zero attached hydrogens (tertiary/aromatic N) is 3. The highest BCUT2D eigenvalue weighted by molar-refractivity contribution is 6.07. The van der Waals surface area contributed by atoms with E-state index in [9.17, 15) is 5.26 Å². The number of aromatic nitrogens is 3. The van der Waals surface area contributed by atoms with Crippen molar-refractivity contribution in [2.24, 2.45) is 0 Å². The van der Waals surface area contributed by atoms with E-state index < -0.39 is 0 Å². The van der Waals surface area contributed by atoms with Crippen molar-refractivity contribution in [3.05, 3.63) is 48.1 Å². The van der Waals surface area contributed by atoms with Gasteiger partial charge in [0.2, 0.25) is 0 Å². The van der Waals surface area contributed by atoms with Crippen LogP contribution in [0, 0.1) is 16.7 Å². The number of hydrogen-bond donors (Lipinski definition) is 3. The molecule has 30 heavy (non-hydrogen) atoms. The molecule has 1 saturated heterocycles. The van der Waals surface area contributed by atoms with Crippen LogP contribution in [0.25, 0.3) is 27.9 Å². The average Bonchev–Trinajstić information content (AvgIpc) is 3.22. The molecule has 1 aromatic carbocycles. The van der Waals surface area contributed by atoms with Gasteiger partial charge in [0, 0.05) is 44.1 Å². The molecule has 0 aliphatic carbocycles. The van der Waals surface area contributed by atoms with Crippen molar-refractivity contribution < 1.29 is 9.47 Å². The molecule has 3 heterocycles. The Balaban J connectivity index is 1.71. The van der Waals surface area contributed by atoms with Gasteiger partial charge in [-0.3, -0.25) is 0 Å². The smallest absolute Gasteiger partial charge is 0.158 e. The average molecular weight is 402 g/mol. The number of pyridine rings is 1. The van der Waals surface area contributed by atoms with Crippen LogP contribution in [-0.2, 0) is 4.74 Å². The number of aromatic amines is 1. The van der Waals surface area contributed by atoms with E-state index in [-0.39, 0.29) is 6.10 Å². The maximum Gasteiger partial charge on any atom is 0.158 e. The van der Waals surface area contributed by atoms with Crippen LogP contribution >= 0.6 is 0 Å². The monoisotopic (exact) mass is 402 g/mol. The van der Waals surface area contributed by atoms with Crippen LogP contribution in [-0.4, -0.2) is 47.5 Å². The molecule has 2 aromatic heterocycles. The summed E-state index contributed by atoms with van der Waals surface area (Å²) in [6, 6.07) is 9.70. The number of rotatable bonds is 6. The fourth-order valence-corrected chi connectivity index (χ4v) is 3.48. The largest absolute Gasteiger partial charge is 0.489 e. The fourth-order valence-electron chi connectivity index (χ4n) is 3.48. The van der Waals surface area contributed by atoms with E-state index in [1.807, 2.05) is 24.3 Å². The maximum absolute atomic E-state index is 9.67. The predicted octanol–water partition coefficient (Wildman–Crippen LogP) is 3.26. The molecule has 152 valence electrons. The van der Waals surface area contributed by atoms with E-state index in [2.05, 4.69) is 26.3 Å². The number of ether oxygens (including phenoxy) is 2.